The Kier molecular flexibility index (Phi) is 6.56. The van der Waals surface area contributed by atoms with E-state index >= 15 is 0 Å². The van der Waals surface area contributed by atoms with Gasteiger partial charge in [0.15, 0.2) is 12.2 Å². The Labute approximate surface area is 166 Å². The van der Waals surface area contributed by atoms with E-state index in [1.54, 1.807) is 48.5 Å². The molecule has 0 spiro atoms. The van der Waals surface area contributed by atoms with Crippen LogP contribution in [0.15, 0.2) is 60.7 Å². The Hall–Kier alpha value is -3.26. The van der Waals surface area contributed by atoms with Crippen LogP contribution in [0, 0.1) is 0 Å². The van der Waals surface area contributed by atoms with Gasteiger partial charge in [-0.2, -0.15) is 0 Å². The Balaban J connectivity index is 1.72. The Bertz CT molecular complexity index is 856. The first kappa shape index (κ1) is 20.5. The molecule has 1 aliphatic heterocycles. The van der Waals surface area contributed by atoms with Gasteiger partial charge in [-0.3, -0.25) is 4.79 Å². The summed E-state index contributed by atoms with van der Waals surface area (Å²) in [6.45, 7) is 0.713. The molecule has 7 nitrogen and oxygen atoms in total. The number of hydrogen-bond acceptors (Lipinski definition) is 7. The van der Waals surface area contributed by atoms with E-state index in [1.165, 1.54) is 12.1 Å². The zero-order chi connectivity index (χ0) is 20.8. The predicted molar refractivity (Wildman–Crippen MR) is 97.7 cm³/mol. The normalized spacial score (nSPS) is 23.2. The fourth-order valence-electron chi connectivity index (χ4n) is 2.85. The van der Waals surface area contributed by atoms with E-state index < -0.39 is 49.2 Å². The molecule has 0 N–H and O–H groups in total. The highest BCUT2D eigenvalue weighted by molar-refractivity contribution is 5.90. The van der Waals surface area contributed by atoms with Crippen LogP contribution < -0.4 is 0 Å². The van der Waals surface area contributed by atoms with Crippen LogP contribution in [0.1, 0.15) is 27.6 Å². The van der Waals surface area contributed by atoms with Crippen molar-refractivity contribution in [1.82, 2.24) is 0 Å². The molecule has 3 rings (SSSR count). The maximum atomic E-state index is 14.3. The molecule has 0 amide bonds. The average Bonchev–Trinajstić information content (AvgIpc) is 3.01. The molecule has 4 atom stereocenters. The Morgan fingerprint density at radius 3 is 1.97 bits per heavy atom. The topological polar surface area (TPSA) is 88.1 Å². The predicted octanol–water partition coefficient (Wildman–Crippen LogP) is 2.70. The standard InChI is InChI=1S/C21H19FO7/c1-13(23)27-18-17(29-21(25)15-10-6-3-7-11-15)16(28-19(18)22)12-26-20(24)14-8-4-2-5-9-14/h2-11,16-19H,12H2,1H3/t16-,17-,18-,19+/m1/s1. The van der Waals surface area contributed by atoms with Crippen LogP contribution >= 0.6 is 0 Å². The number of alkyl halides is 1. The molecular weight excluding hydrogens is 383 g/mol. The number of carbonyl (C=O) groups excluding carboxylic acids is 3. The Morgan fingerprint density at radius 2 is 1.41 bits per heavy atom. The highest BCUT2D eigenvalue weighted by Gasteiger charge is 2.50. The van der Waals surface area contributed by atoms with Crippen molar-refractivity contribution in [3.63, 3.8) is 0 Å². The van der Waals surface area contributed by atoms with Crippen LogP contribution in [0.25, 0.3) is 0 Å². The van der Waals surface area contributed by atoms with E-state index in [-0.39, 0.29) is 5.56 Å². The Morgan fingerprint density at radius 1 is 0.862 bits per heavy atom. The van der Waals surface area contributed by atoms with Gasteiger partial charge in [-0.1, -0.05) is 36.4 Å². The summed E-state index contributed by atoms with van der Waals surface area (Å²) in [5.41, 5.74) is 0.535. The summed E-state index contributed by atoms with van der Waals surface area (Å²) < 4.78 is 34.9. The molecule has 0 aliphatic carbocycles. The molecule has 2 aromatic carbocycles. The number of carbonyl (C=O) groups is 3. The monoisotopic (exact) mass is 402 g/mol. The summed E-state index contributed by atoms with van der Waals surface area (Å²) in [4.78, 5) is 35.9. The first-order valence-electron chi connectivity index (χ1n) is 8.90. The third-order valence-electron chi connectivity index (χ3n) is 4.20. The lowest BCUT2D eigenvalue weighted by atomic mass is 10.1. The molecule has 1 heterocycles. The average molecular weight is 402 g/mol. The molecular formula is C21H19FO7. The van der Waals surface area contributed by atoms with Gasteiger partial charge in [-0.05, 0) is 24.3 Å². The van der Waals surface area contributed by atoms with Crippen molar-refractivity contribution in [2.24, 2.45) is 0 Å². The molecule has 0 bridgehead atoms. The first-order chi connectivity index (χ1) is 14.0. The van der Waals surface area contributed by atoms with Gasteiger partial charge >= 0.3 is 17.9 Å². The van der Waals surface area contributed by atoms with Crippen molar-refractivity contribution in [2.45, 2.75) is 31.6 Å². The number of benzene rings is 2. The third-order valence-corrected chi connectivity index (χ3v) is 4.20. The van der Waals surface area contributed by atoms with Crippen LogP contribution in [-0.2, 0) is 23.7 Å². The van der Waals surface area contributed by atoms with Crippen LogP contribution in [0.5, 0.6) is 0 Å². The van der Waals surface area contributed by atoms with E-state index in [0.717, 1.165) is 6.92 Å². The smallest absolute Gasteiger partial charge is 0.338 e. The molecule has 1 aliphatic rings. The lowest BCUT2D eigenvalue weighted by Crippen LogP contribution is -2.41. The molecule has 29 heavy (non-hydrogen) atoms. The molecule has 0 aromatic heterocycles. The number of ether oxygens (including phenoxy) is 4. The van der Waals surface area contributed by atoms with E-state index in [1.807, 2.05) is 0 Å². The van der Waals surface area contributed by atoms with Crippen molar-refractivity contribution >= 4 is 17.9 Å². The van der Waals surface area contributed by atoms with E-state index in [0.29, 0.717) is 5.56 Å². The van der Waals surface area contributed by atoms with E-state index in [2.05, 4.69) is 0 Å². The largest absolute Gasteiger partial charge is 0.459 e. The molecule has 0 radical (unpaired) electrons. The van der Waals surface area contributed by atoms with Gasteiger partial charge in [0.2, 0.25) is 6.36 Å². The second-order valence-electron chi connectivity index (χ2n) is 6.30. The molecule has 152 valence electrons. The van der Waals surface area contributed by atoms with Crippen molar-refractivity contribution in [1.29, 1.82) is 0 Å². The number of halogens is 1. The highest BCUT2D eigenvalue weighted by Crippen LogP contribution is 2.29. The maximum absolute atomic E-state index is 14.3. The minimum atomic E-state index is -2.03. The molecule has 1 saturated heterocycles. The van der Waals surface area contributed by atoms with Crippen LogP contribution in [0.2, 0.25) is 0 Å². The van der Waals surface area contributed by atoms with Crippen LogP contribution in [-0.4, -0.2) is 49.2 Å². The van der Waals surface area contributed by atoms with Gasteiger partial charge in [-0.25, -0.2) is 14.0 Å². The van der Waals surface area contributed by atoms with Gasteiger partial charge in [0.25, 0.3) is 0 Å². The van der Waals surface area contributed by atoms with Gasteiger partial charge in [-0.15, -0.1) is 0 Å². The maximum Gasteiger partial charge on any atom is 0.338 e. The van der Waals surface area contributed by atoms with E-state index in [4.69, 9.17) is 18.9 Å². The summed E-state index contributed by atoms with van der Waals surface area (Å²) in [6.07, 6.45) is -5.94. The lowest BCUT2D eigenvalue weighted by molar-refractivity contribution is -0.159. The summed E-state index contributed by atoms with van der Waals surface area (Å²) >= 11 is 0. The summed E-state index contributed by atoms with van der Waals surface area (Å²) in [5, 5.41) is 0. The zero-order valence-corrected chi connectivity index (χ0v) is 15.5. The van der Waals surface area contributed by atoms with Crippen molar-refractivity contribution < 1.29 is 37.7 Å². The molecule has 8 heteroatoms. The molecule has 0 unspecified atom stereocenters. The second-order valence-corrected chi connectivity index (χ2v) is 6.30. The number of esters is 3. The van der Waals surface area contributed by atoms with Gasteiger partial charge in [0.1, 0.15) is 12.7 Å². The van der Waals surface area contributed by atoms with Crippen molar-refractivity contribution in [3.8, 4) is 0 Å². The van der Waals surface area contributed by atoms with Gasteiger partial charge in [0.05, 0.1) is 11.1 Å². The number of rotatable bonds is 6. The summed E-state index contributed by atoms with van der Waals surface area (Å²) in [7, 11) is 0. The lowest BCUT2D eigenvalue weighted by Gasteiger charge is -2.22. The molecule has 1 fully saturated rings. The van der Waals surface area contributed by atoms with Gasteiger partial charge in [0, 0.05) is 6.92 Å². The summed E-state index contributed by atoms with van der Waals surface area (Å²) in [6, 6.07) is 16.3. The SMILES string of the molecule is CC(=O)O[C@@H]1[C@H](OC(=O)c2ccccc2)[C@@H](COC(=O)c2ccccc2)O[C@@H]1F. The molecule has 2 aromatic rings. The van der Waals surface area contributed by atoms with Crippen molar-refractivity contribution in [3.05, 3.63) is 71.8 Å². The number of hydrogen-bond donors (Lipinski definition) is 0. The summed E-state index contributed by atoms with van der Waals surface area (Å²) in [5.74, 6) is -2.15. The highest BCUT2D eigenvalue weighted by atomic mass is 19.1. The first-order valence-corrected chi connectivity index (χ1v) is 8.90. The van der Waals surface area contributed by atoms with Gasteiger partial charge < -0.3 is 18.9 Å². The van der Waals surface area contributed by atoms with Crippen LogP contribution in [0.4, 0.5) is 4.39 Å². The zero-order valence-electron chi connectivity index (χ0n) is 15.5. The fraction of sp³-hybridized carbons (Fsp3) is 0.286. The molecule has 0 saturated carbocycles. The van der Waals surface area contributed by atoms with E-state index in [9.17, 15) is 18.8 Å². The minimum Gasteiger partial charge on any atom is -0.459 e. The van der Waals surface area contributed by atoms with Crippen molar-refractivity contribution in [2.75, 3.05) is 6.61 Å². The third kappa shape index (κ3) is 5.17. The second kappa shape index (κ2) is 9.29. The minimum absolute atomic E-state index is 0.233. The quantitative estimate of drug-likeness (QED) is 0.542. The fourth-order valence-corrected chi connectivity index (χ4v) is 2.85. The van der Waals surface area contributed by atoms with Crippen LogP contribution in [0.3, 0.4) is 0 Å².